The van der Waals surface area contributed by atoms with E-state index in [4.69, 9.17) is 0 Å². The van der Waals surface area contributed by atoms with Crippen LogP contribution in [0.25, 0.3) is 0 Å². The molecule has 0 saturated carbocycles. The molecule has 2 aromatic rings. The molecule has 0 bridgehead atoms. The van der Waals surface area contributed by atoms with Crippen LogP contribution in [0.4, 0.5) is 15.9 Å². The van der Waals surface area contributed by atoms with Crippen LogP contribution < -0.4 is 10.6 Å². The molecule has 0 unspecified atom stereocenters. The summed E-state index contributed by atoms with van der Waals surface area (Å²) in [6.45, 7) is 1.86. The predicted molar refractivity (Wildman–Crippen MR) is 72.6 cm³/mol. The van der Waals surface area contributed by atoms with Crippen molar-refractivity contribution in [1.29, 1.82) is 0 Å². The molecule has 1 heterocycles. The first-order chi connectivity index (χ1) is 9.54. The van der Waals surface area contributed by atoms with Gasteiger partial charge in [0, 0.05) is 11.9 Å². The zero-order chi connectivity index (χ0) is 14.5. The van der Waals surface area contributed by atoms with Crippen LogP contribution in [0.3, 0.4) is 0 Å². The summed E-state index contributed by atoms with van der Waals surface area (Å²) in [4.78, 5) is 27.2. The molecule has 0 radical (unpaired) electrons. The topological polar surface area (TPSA) is 71.1 Å². The number of hydrogen-bond acceptors (Lipinski definition) is 3. The van der Waals surface area contributed by atoms with Gasteiger partial charge in [-0.15, -0.1) is 0 Å². The summed E-state index contributed by atoms with van der Waals surface area (Å²) < 4.78 is 12.9. The van der Waals surface area contributed by atoms with Gasteiger partial charge in [-0.1, -0.05) is 12.1 Å². The standard InChI is InChI=1S/C14H12FN3O2/c1-9-5-6-12(16-8-9)18-14(20)13(19)17-11-4-2-3-10(15)7-11/h2-8H,1H3,(H,17,19)(H,16,18,20). The van der Waals surface area contributed by atoms with Crippen LogP contribution in [0.1, 0.15) is 5.56 Å². The summed E-state index contributed by atoms with van der Waals surface area (Å²) in [5, 5.41) is 4.64. The van der Waals surface area contributed by atoms with Gasteiger partial charge < -0.3 is 10.6 Å². The number of halogens is 1. The number of aryl methyl sites for hydroxylation is 1. The summed E-state index contributed by atoms with van der Waals surface area (Å²) in [5.74, 6) is -1.98. The van der Waals surface area contributed by atoms with E-state index >= 15 is 0 Å². The number of carbonyl (C=O) groups is 2. The van der Waals surface area contributed by atoms with Gasteiger partial charge >= 0.3 is 11.8 Å². The third-order valence-electron chi connectivity index (χ3n) is 2.44. The molecule has 6 heteroatoms. The van der Waals surface area contributed by atoms with Crippen molar-refractivity contribution in [2.75, 3.05) is 10.6 Å². The van der Waals surface area contributed by atoms with Gasteiger partial charge in [0.25, 0.3) is 0 Å². The average molecular weight is 273 g/mol. The van der Waals surface area contributed by atoms with E-state index in [-0.39, 0.29) is 11.5 Å². The lowest BCUT2D eigenvalue weighted by Crippen LogP contribution is -2.29. The minimum Gasteiger partial charge on any atom is -0.318 e. The Balaban J connectivity index is 1.98. The van der Waals surface area contributed by atoms with Gasteiger partial charge in [-0.3, -0.25) is 9.59 Å². The van der Waals surface area contributed by atoms with Gasteiger partial charge in [-0.2, -0.15) is 0 Å². The Morgan fingerprint density at radius 2 is 1.85 bits per heavy atom. The molecular weight excluding hydrogens is 261 g/mol. The maximum Gasteiger partial charge on any atom is 0.315 e. The van der Waals surface area contributed by atoms with E-state index in [0.29, 0.717) is 0 Å². The first-order valence-corrected chi connectivity index (χ1v) is 5.85. The van der Waals surface area contributed by atoms with Crippen molar-refractivity contribution in [3.8, 4) is 0 Å². The number of aromatic nitrogens is 1. The Bertz CT molecular complexity index is 641. The number of benzene rings is 1. The molecule has 0 aliphatic heterocycles. The number of amides is 2. The molecule has 20 heavy (non-hydrogen) atoms. The van der Waals surface area contributed by atoms with Crippen LogP contribution in [0.15, 0.2) is 42.6 Å². The molecule has 0 fully saturated rings. The monoisotopic (exact) mass is 273 g/mol. The van der Waals surface area contributed by atoms with Crippen LogP contribution in [-0.2, 0) is 9.59 Å². The third kappa shape index (κ3) is 3.61. The van der Waals surface area contributed by atoms with Crippen molar-refractivity contribution in [3.63, 3.8) is 0 Å². The molecule has 1 aromatic carbocycles. The number of pyridine rings is 1. The van der Waals surface area contributed by atoms with Crippen molar-refractivity contribution in [2.45, 2.75) is 6.92 Å². The Labute approximate surface area is 114 Å². The van der Waals surface area contributed by atoms with Crippen molar-refractivity contribution in [2.24, 2.45) is 0 Å². The second-order valence-corrected chi connectivity index (χ2v) is 4.14. The van der Waals surface area contributed by atoms with E-state index in [1.165, 1.54) is 18.2 Å². The molecule has 0 saturated heterocycles. The fourth-order valence-electron chi connectivity index (χ4n) is 1.47. The summed E-state index contributed by atoms with van der Waals surface area (Å²) >= 11 is 0. The fourth-order valence-corrected chi connectivity index (χ4v) is 1.47. The number of hydrogen-bond donors (Lipinski definition) is 2. The second-order valence-electron chi connectivity index (χ2n) is 4.14. The molecule has 0 aliphatic rings. The molecule has 5 nitrogen and oxygen atoms in total. The van der Waals surface area contributed by atoms with Crippen molar-refractivity contribution in [1.82, 2.24) is 4.98 Å². The highest BCUT2D eigenvalue weighted by atomic mass is 19.1. The molecule has 1 aromatic heterocycles. The Morgan fingerprint density at radius 3 is 2.50 bits per heavy atom. The van der Waals surface area contributed by atoms with E-state index < -0.39 is 17.6 Å². The number of carbonyl (C=O) groups excluding carboxylic acids is 2. The zero-order valence-corrected chi connectivity index (χ0v) is 10.7. The lowest BCUT2D eigenvalue weighted by molar-refractivity contribution is -0.133. The molecule has 0 atom stereocenters. The van der Waals surface area contributed by atoms with E-state index in [2.05, 4.69) is 15.6 Å². The third-order valence-corrected chi connectivity index (χ3v) is 2.44. The highest BCUT2D eigenvalue weighted by molar-refractivity contribution is 6.43. The molecular formula is C14H12FN3O2. The van der Waals surface area contributed by atoms with Crippen LogP contribution in [0, 0.1) is 12.7 Å². The zero-order valence-electron chi connectivity index (χ0n) is 10.7. The van der Waals surface area contributed by atoms with Gasteiger partial charge in [-0.05, 0) is 36.8 Å². The van der Waals surface area contributed by atoms with E-state index in [0.717, 1.165) is 11.6 Å². The number of anilines is 2. The number of nitrogens with one attached hydrogen (secondary N) is 2. The van der Waals surface area contributed by atoms with Crippen molar-refractivity contribution in [3.05, 3.63) is 54.0 Å². The van der Waals surface area contributed by atoms with Crippen molar-refractivity contribution < 1.29 is 14.0 Å². The first-order valence-electron chi connectivity index (χ1n) is 5.85. The number of nitrogens with zero attached hydrogens (tertiary/aromatic N) is 1. The SMILES string of the molecule is Cc1ccc(NC(=O)C(=O)Nc2cccc(F)c2)nc1. The van der Waals surface area contributed by atoms with Crippen LogP contribution >= 0.6 is 0 Å². The minimum atomic E-state index is -0.891. The minimum absolute atomic E-state index is 0.210. The Hall–Kier alpha value is -2.76. The van der Waals surface area contributed by atoms with Crippen LogP contribution in [0.2, 0.25) is 0 Å². The lowest BCUT2D eigenvalue weighted by atomic mass is 10.3. The first kappa shape index (κ1) is 13.7. The van der Waals surface area contributed by atoms with E-state index in [1.54, 1.807) is 18.3 Å². The van der Waals surface area contributed by atoms with Gasteiger partial charge in [-0.25, -0.2) is 9.37 Å². The quantitative estimate of drug-likeness (QED) is 0.823. The average Bonchev–Trinajstić information content (AvgIpc) is 2.41. The van der Waals surface area contributed by atoms with Gasteiger partial charge in [0.2, 0.25) is 0 Å². The summed E-state index contributed by atoms with van der Waals surface area (Å²) in [6, 6.07) is 8.62. The Kier molecular flexibility index (Phi) is 4.05. The van der Waals surface area contributed by atoms with E-state index in [1.807, 2.05) is 6.92 Å². The van der Waals surface area contributed by atoms with Crippen molar-refractivity contribution >= 4 is 23.3 Å². The number of rotatable bonds is 2. The molecule has 2 amide bonds. The maximum absolute atomic E-state index is 12.9. The molecule has 0 spiro atoms. The summed E-state index contributed by atoms with van der Waals surface area (Å²) in [7, 11) is 0. The van der Waals surface area contributed by atoms with Gasteiger partial charge in [0.15, 0.2) is 0 Å². The second kappa shape index (κ2) is 5.92. The fraction of sp³-hybridized carbons (Fsp3) is 0.0714. The van der Waals surface area contributed by atoms with Gasteiger partial charge in [0.05, 0.1) is 0 Å². The molecule has 102 valence electrons. The van der Waals surface area contributed by atoms with Crippen LogP contribution in [0.5, 0.6) is 0 Å². The smallest absolute Gasteiger partial charge is 0.315 e. The highest BCUT2D eigenvalue weighted by Crippen LogP contribution is 2.09. The Morgan fingerprint density at radius 1 is 1.10 bits per heavy atom. The molecule has 2 rings (SSSR count). The molecule has 2 N–H and O–H groups in total. The summed E-state index contributed by atoms with van der Waals surface area (Å²) in [6.07, 6.45) is 1.57. The van der Waals surface area contributed by atoms with E-state index in [9.17, 15) is 14.0 Å². The lowest BCUT2D eigenvalue weighted by Gasteiger charge is -2.06. The molecule has 0 aliphatic carbocycles. The predicted octanol–water partition coefficient (Wildman–Crippen LogP) is 2.11. The summed E-state index contributed by atoms with van der Waals surface area (Å²) in [5.41, 5.74) is 1.15. The largest absolute Gasteiger partial charge is 0.318 e. The highest BCUT2D eigenvalue weighted by Gasteiger charge is 2.14. The van der Waals surface area contributed by atoms with Crippen LogP contribution in [-0.4, -0.2) is 16.8 Å². The maximum atomic E-state index is 12.9. The normalized spacial score (nSPS) is 9.90. The van der Waals surface area contributed by atoms with Gasteiger partial charge in [0.1, 0.15) is 11.6 Å².